The van der Waals surface area contributed by atoms with Crippen LogP contribution in [0.2, 0.25) is 5.02 Å². The van der Waals surface area contributed by atoms with E-state index < -0.39 is 17.6 Å². The van der Waals surface area contributed by atoms with Crippen LogP contribution < -0.4 is 15.0 Å². The Kier molecular flexibility index (Phi) is 5.08. The first-order valence-electron chi connectivity index (χ1n) is 8.53. The molecular formula is C21H14ClFN2O3S. The summed E-state index contributed by atoms with van der Waals surface area (Å²) in [6, 6.07) is 14.1. The van der Waals surface area contributed by atoms with Crippen molar-refractivity contribution in [2.75, 3.05) is 17.3 Å². The number of thiophene rings is 1. The van der Waals surface area contributed by atoms with Gasteiger partial charge in [0.1, 0.15) is 17.3 Å². The Balaban J connectivity index is 1.80. The molecule has 0 atom stereocenters. The van der Waals surface area contributed by atoms with Crippen molar-refractivity contribution >= 4 is 51.7 Å². The molecule has 3 aromatic rings. The maximum Gasteiger partial charge on any atom is 0.282 e. The van der Waals surface area contributed by atoms with Crippen molar-refractivity contribution in [2.24, 2.45) is 0 Å². The molecule has 0 aliphatic carbocycles. The number of ether oxygens (including phenoxy) is 1. The molecule has 4 rings (SSSR count). The van der Waals surface area contributed by atoms with Gasteiger partial charge in [0.25, 0.3) is 11.8 Å². The van der Waals surface area contributed by atoms with Crippen molar-refractivity contribution < 1.29 is 18.7 Å². The second kappa shape index (κ2) is 7.69. The summed E-state index contributed by atoms with van der Waals surface area (Å²) in [5.74, 6) is -1.42. The number of halogens is 2. The van der Waals surface area contributed by atoms with Crippen LogP contribution in [0.1, 0.15) is 4.88 Å². The minimum atomic E-state index is -0.659. The molecule has 146 valence electrons. The smallest absolute Gasteiger partial charge is 0.282 e. The lowest BCUT2D eigenvalue weighted by Crippen LogP contribution is -2.33. The summed E-state index contributed by atoms with van der Waals surface area (Å²) in [6.45, 7) is 0. The monoisotopic (exact) mass is 428 g/mol. The predicted molar refractivity (Wildman–Crippen MR) is 112 cm³/mol. The van der Waals surface area contributed by atoms with Gasteiger partial charge in [0, 0.05) is 10.6 Å². The van der Waals surface area contributed by atoms with Crippen molar-refractivity contribution in [3.8, 4) is 5.75 Å². The molecule has 2 aromatic carbocycles. The summed E-state index contributed by atoms with van der Waals surface area (Å²) in [5, 5.41) is 5.13. The van der Waals surface area contributed by atoms with E-state index in [-0.39, 0.29) is 17.0 Å². The molecule has 5 nitrogen and oxygen atoms in total. The lowest BCUT2D eigenvalue weighted by Gasteiger charge is -2.16. The molecule has 1 aliphatic heterocycles. The summed E-state index contributed by atoms with van der Waals surface area (Å²) in [6.07, 6.45) is 0. The summed E-state index contributed by atoms with van der Waals surface area (Å²) in [7, 11) is 1.50. The number of benzene rings is 2. The highest BCUT2D eigenvalue weighted by Crippen LogP contribution is 2.37. The maximum absolute atomic E-state index is 14.3. The zero-order valence-electron chi connectivity index (χ0n) is 15.1. The van der Waals surface area contributed by atoms with Crippen molar-refractivity contribution in [1.29, 1.82) is 0 Å². The summed E-state index contributed by atoms with van der Waals surface area (Å²) in [5.41, 5.74) is 0.639. The molecule has 29 heavy (non-hydrogen) atoms. The Hall–Kier alpha value is -3.16. The summed E-state index contributed by atoms with van der Waals surface area (Å²) in [4.78, 5) is 27.7. The number of hydrogen-bond donors (Lipinski definition) is 1. The number of hydrogen-bond acceptors (Lipinski definition) is 5. The first-order chi connectivity index (χ1) is 14.0. The molecule has 0 spiro atoms. The standard InChI is InChI=1S/C21H14ClFN2O3S/c1-28-16-9-8-12(11-13(16)22)24-19-18(17-7-4-10-29-17)20(26)25(21(19)27)15-6-3-2-5-14(15)23/h2-11,24H,1H3. The predicted octanol–water partition coefficient (Wildman–Crippen LogP) is 4.95. The van der Waals surface area contributed by atoms with Crippen LogP contribution >= 0.6 is 22.9 Å². The van der Waals surface area contributed by atoms with Gasteiger partial charge in [-0.05, 0) is 41.8 Å². The third-order valence-corrected chi connectivity index (χ3v) is 5.55. The third-order valence-electron chi connectivity index (χ3n) is 4.37. The maximum atomic E-state index is 14.3. The number of carbonyl (C=O) groups excluding carboxylic acids is 2. The minimum absolute atomic E-state index is 0.0573. The first-order valence-corrected chi connectivity index (χ1v) is 9.79. The van der Waals surface area contributed by atoms with Crippen LogP contribution in [0.15, 0.2) is 65.7 Å². The second-order valence-corrected chi connectivity index (χ2v) is 7.45. The third kappa shape index (κ3) is 3.39. The summed E-state index contributed by atoms with van der Waals surface area (Å²) >= 11 is 7.48. The van der Waals surface area contributed by atoms with Crippen LogP contribution in [0.25, 0.3) is 5.57 Å². The Morgan fingerprint density at radius 3 is 2.52 bits per heavy atom. The molecule has 1 aromatic heterocycles. The van der Waals surface area contributed by atoms with Gasteiger partial charge >= 0.3 is 0 Å². The number of nitrogens with zero attached hydrogens (tertiary/aromatic N) is 1. The van der Waals surface area contributed by atoms with E-state index in [1.165, 1.54) is 36.6 Å². The van der Waals surface area contributed by atoms with E-state index >= 15 is 0 Å². The van der Waals surface area contributed by atoms with Crippen molar-refractivity contribution in [3.63, 3.8) is 0 Å². The van der Waals surface area contributed by atoms with E-state index in [0.717, 1.165) is 4.90 Å². The Morgan fingerprint density at radius 2 is 1.86 bits per heavy atom. The van der Waals surface area contributed by atoms with E-state index in [1.54, 1.807) is 41.8 Å². The number of methoxy groups -OCH3 is 1. The highest BCUT2D eigenvalue weighted by molar-refractivity contribution is 7.11. The number of nitrogens with one attached hydrogen (secondary N) is 1. The van der Waals surface area contributed by atoms with Crippen LogP contribution in [0, 0.1) is 5.82 Å². The fourth-order valence-electron chi connectivity index (χ4n) is 3.04. The molecular weight excluding hydrogens is 415 g/mol. The Morgan fingerprint density at radius 1 is 1.07 bits per heavy atom. The molecule has 8 heteroatoms. The van der Waals surface area contributed by atoms with Gasteiger partial charge < -0.3 is 10.1 Å². The van der Waals surface area contributed by atoms with Crippen molar-refractivity contribution in [1.82, 2.24) is 0 Å². The number of imide groups is 1. The summed E-state index contributed by atoms with van der Waals surface area (Å²) < 4.78 is 19.5. The van der Waals surface area contributed by atoms with Crippen LogP contribution in [0.5, 0.6) is 5.75 Å². The number of para-hydroxylation sites is 1. The molecule has 1 aliphatic rings. The van der Waals surface area contributed by atoms with Crippen LogP contribution in [-0.2, 0) is 9.59 Å². The van der Waals surface area contributed by atoms with Gasteiger partial charge in [-0.25, -0.2) is 9.29 Å². The van der Waals surface area contributed by atoms with Gasteiger partial charge in [0.05, 0.1) is 23.4 Å². The number of amides is 2. The lowest BCUT2D eigenvalue weighted by atomic mass is 10.2. The highest BCUT2D eigenvalue weighted by atomic mass is 35.5. The first kappa shape index (κ1) is 19.2. The van der Waals surface area contributed by atoms with E-state index in [2.05, 4.69) is 5.32 Å². The van der Waals surface area contributed by atoms with E-state index in [0.29, 0.717) is 21.3 Å². The number of rotatable bonds is 5. The van der Waals surface area contributed by atoms with Gasteiger partial charge in [0.2, 0.25) is 0 Å². The molecule has 0 bridgehead atoms. The molecule has 0 unspecified atom stereocenters. The normalized spacial score (nSPS) is 14.0. The van der Waals surface area contributed by atoms with E-state index in [9.17, 15) is 14.0 Å². The number of carbonyl (C=O) groups is 2. The zero-order valence-corrected chi connectivity index (χ0v) is 16.7. The molecule has 0 fully saturated rings. The minimum Gasteiger partial charge on any atom is -0.495 e. The Bertz CT molecular complexity index is 1140. The fraction of sp³-hybridized carbons (Fsp3) is 0.0476. The largest absolute Gasteiger partial charge is 0.495 e. The Labute approximate surface area is 175 Å². The molecule has 2 amide bonds. The molecule has 0 saturated heterocycles. The van der Waals surface area contributed by atoms with Crippen molar-refractivity contribution in [2.45, 2.75) is 0 Å². The van der Waals surface area contributed by atoms with Gasteiger partial charge in [-0.2, -0.15) is 0 Å². The second-order valence-electron chi connectivity index (χ2n) is 6.10. The molecule has 0 saturated carbocycles. The van der Waals surface area contributed by atoms with Gasteiger partial charge in [-0.3, -0.25) is 9.59 Å². The zero-order chi connectivity index (χ0) is 20.5. The van der Waals surface area contributed by atoms with E-state index in [1.807, 2.05) is 0 Å². The number of anilines is 2. The van der Waals surface area contributed by atoms with Crippen LogP contribution in [-0.4, -0.2) is 18.9 Å². The fourth-order valence-corrected chi connectivity index (χ4v) is 4.06. The molecule has 0 radical (unpaired) electrons. The van der Waals surface area contributed by atoms with Crippen LogP contribution in [0.4, 0.5) is 15.8 Å². The topological polar surface area (TPSA) is 58.6 Å². The quantitative estimate of drug-likeness (QED) is 0.584. The lowest BCUT2D eigenvalue weighted by molar-refractivity contribution is -0.120. The van der Waals surface area contributed by atoms with E-state index in [4.69, 9.17) is 16.3 Å². The van der Waals surface area contributed by atoms with Gasteiger partial charge in [-0.1, -0.05) is 29.8 Å². The average molecular weight is 429 g/mol. The molecule has 2 heterocycles. The average Bonchev–Trinajstić information content (AvgIpc) is 3.30. The van der Waals surface area contributed by atoms with Crippen molar-refractivity contribution in [3.05, 3.63) is 81.4 Å². The van der Waals surface area contributed by atoms with Gasteiger partial charge in [-0.15, -0.1) is 11.3 Å². The highest BCUT2D eigenvalue weighted by Gasteiger charge is 2.41. The SMILES string of the molecule is COc1ccc(NC2=C(c3cccs3)C(=O)N(c3ccccc3F)C2=O)cc1Cl. The van der Waals surface area contributed by atoms with Crippen LogP contribution in [0.3, 0.4) is 0 Å². The molecule has 1 N–H and O–H groups in total. The van der Waals surface area contributed by atoms with Gasteiger partial charge in [0.15, 0.2) is 0 Å².